The summed E-state index contributed by atoms with van der Waals surface area (Å²) >= 11 is 4.63. The molecule has 5 rings (SSSR count). The number of hydrogen-bond donors (Lipinski definition) is 0. The highest BCUT2D eigenvalue weighted by atomic mass is 79.9. The number of aromatic nitrogens is 4. The molecule has 0 saturated carbocycles. The van der Waals surface area contributed by atoms with Crippen LogP contribution in [0.4, 0.5) is 17.6 Å². The molecule has 0 fully saturated rings. The van der Waals surface area contributed by atoms with Crippen LogP contribution in [0.3, 0.4) is 0 Å². The molecule has 5 aromatic rings. The third-order valence-corrected chi connectivity index (χ3v) is 8.45. The van der Waals surface area contributed by atoms with Gasteiger partial charge >= 0.3 is 12.1 Å². The van der Waals surface area contributed by atoms with Crippen molar-refractivity contribution in [2.24, 2.45) is 0 Å². The van der Waals surface area contributed by atoms with E-state index in [1.807, 2.05) is 0 Å². The average molecular weight is 699 g/mol. The lowest BCUT2D eigenvalue weighted by Crippen LogP contribution is -2.39. The zero-order chi connectivity index (χ0) is 32.5. The molecule has 9 nitrogen and oxygen atoms in total. The maximum Gasteiger partial charge on any atom is 0.408 e. The van der Waals surface area contributed by atoms with Crippen LogP contribution in [0.1, 0.15) is 24.0 Å². The van der Waals surface area contributed by atoms with Gasteiger partial charge in [0.1, 0.15) is 44.9 Å². The molecule has 0 aliphatic rings. The molecule has 0 amide bonds. The summed E-state index contributed by atoms with van der Waals surface area (Å²) in [6.07, 6.45) is -3.84. The van der Waals surface area contributed by atoms with Crippen LogP contribution in [-0.4, -0.2) is 68.1 Å². The molecule has 0 spiro atoms. The van der Waals surface area contributed by atoms with Crippen LogP contribution in [-0.2, 0) is 21.5 Å². The Morgan fingerprint density at radius 2 is 1.91 bits per heavy atom. The topological polar surface area (TPSA) is 102 Å². The Bertz CT molecular complexity index is 1830. The second kappa shape index (κ2) is 12.9. The first kappa shape index (κ1) is 32.6. The molecule has 4 aromatic heterocycles. The summed E-state index contributed by atoms with van der Waals surface area (Å²) in [5.41, 5.74) is -0.126. The van der Waals surface area contributed by atoms with Crippen molar-refractivity contribution in [2.75, 3.05) is 6.61 Å². The fraction of sp³-hybridized carbons (Fsp3) is 0.259. The van der Waals surface area contributed by atoms with Gasteiger partial charge in [-0.25, -0.2) is 14.8 Å². The molecule has 0 N–H and O–H groups in total. The molecule has 0 aliphatic heterocycles. The number of fused-ring (bicyclic) bond motifs is 1. The number of ether oxygens (including phenoxy) is 3. The second-order valence-corrected chi connectivity index (χ2v) is 11.2. The van der Waals surface area contributed by atoms with Crippen molar-refractivity contribution in [3.05, 3.63) is 76.7 Å². The normalized spacial score (nSPS) is 13.5. The Morgan fingerprint density at radius 3 is 2.60 bits per heavy atom. The van der Waals surface area contributed by atoms with E-state index in [1.165, 1.54) is 30.6 Å². The smallest absolute Gasteiger partial charge is 0.408 e. The second-order valence-electron chi connectivity index (χ2n) is 9.45. The van der Waals surface area contributed by atoms with Gasteiger partial charge in [-0.15, -0.1) is 11.3 Å². The van der Waals surface area contributed by atoms with Gasteiger partial charge in [0, 0.05) is 12.3 Å². The van der Waals surface area contributed by atoms with Gasteiger partial charge in [-0.3, -0.25) is 4.68 Å². The van der Waals surface area contributed by atoms with Gasteiger partial charge in [-0.2, -0.15) is 22.7 Å². The number of halogens is 5. The highest BCUT2D eigenvalue weighted by Gasteiger charge is 2.36. The van der Waals surface area contributed by atoms with E-state index < -0.39 is 42.0 Å². The van der Waals surface area contributed by atoms with Gasteiger partial charge in [0.2, 0.25) is 5.88 Å². The first-order valence-corrected chi connectivity index (χ1v) is 14.6. The minimum absolute atomic E-state index is 0.0169. The van der Waals surface area contributed by atoms with Crippen molar-refractivity contribution in [3.8, 4) is 22.3 Å². The standard InChI is InChI=1S/C27H18B3BrF4N4O5S/c1-2-41-25(40)21(43-23-18-20(31)22(15-7-8-17(32)42-15)45-24(18)37-12-36-23)19(28)13-5-3-4-6-14(13)44-27(29,30)16-9-10-38-39(16)11-26(33,34)35/h3-10,12,19,21H,2,11H2,1H3/t19-,21+/m0/s1. The summed E-state index contributed by atoms with van der Waals surface area (Å²) in [5.74, 6) is -2.06. The maximum absolute atomic E-state index is 13.6. The highest BCUT2D eigenvalue weighted by molar-refractivity contribution is 9.10. The van der Waals surface area contributed by atoms with Crippen LogP contribution in [0, 0.1) is 6.01 Å². The molecule has 0 unspecified atom stereocenters. The van der Waals surface area contributed by atoms with Gasteiger partial charge in [-0.05, 0) is 52.4 Å². The van der Waals surface area contributed by atoms with E-state index in [0.29, 0.717) is 24.2 Å². The molecule has 6 radical (unpaired) electrons. The molecule has 0 bridgehead atoms. The lowest BCUT2D eigenvalue weighted by atomic mass is 9.63. The van der Waals surface area contributed by atoms with Gasteiger partial charge in [-0.1, -0.05) is 18.2 Å². The number of esters is 1. The predicted octanol–water partition coefficient (Wildman–Crippen LogP) is 5.36. The molecule has 18 heteroatoms. The van der Waals surface area contributed by atoms with E-state index in [2.05, 4.69) is 31.0 Å². The number of hydrogen-bond acceptors (Lipinski definition) is 9. The molecule has 2 atom stereocenters. The van der Waals surface area contributed by atoms with Crippen molar-refractivity contribution in [1.82, 2.24) is 19.7 Å². The van der Waals surface area contributed by atoms with Crippen molar-refractivity contribution >= 4 is 67.0 Å². The van der Waals surface area contributed by atoms with E-state index in [9.17, 15) is 22.4 Å². The zero-order valence-corrected chi connectivity index (χ0v) is 25.5. The van der Waals surface area contributed by atoms with E-state index in [4.69, 9.17) is 42.2 Å². The van der Waals surface area contributed by atoms with E-state index in [-0.39, 0.29) is 35.3 Å². The minimum atomic E-state index is -4.61. The number of carbonyl (C=O) groups excluding carboxylic acids is 1. The van der Waals surface area contributed by atoms with Gasteiger partial charge in [0.05, 0.1) is 40.3 Å². The van der Waals surface area contributed by atoms with Crippen LogP contribution < -0.4 is 9.47 Å². The molecule has 226 valence electrons. The lowest BCUT2D eigenvalue weighted by Gasteiger charge is -2.32. The van der Waals surface area contributed by atoms with Gasteiger partial charge in [0.15, 0.2) is 6.10 Å². The Kier molecular flexibility index (Phi) is 9.35. The molecular weight excluding hydrogens is 681 g/mol. The molecule has 0 saturated heterocycles. The minimum Gasteiger partial charge on any atom is -0.501 e. The first-order valence-electron chi connectivity index (χ1n) is 13.0. The van der Waals surface area contributed by atoms with Crippen LogP contribution >= 0.6 is 27.3 Å². The van der Waals surface area contributed by atoms with Crippen LogP contribution in [0.2, 0.25) is 0 Å². The molecule has 1 aromatic carbocycles. The summed E-state index contributed by atoms with van der Waals surface area (Å²) in [5, 5.41) is 1.69. The number of alkyl halides is 3. The highest BCUT2D eigenvalue weighted by Crippen LogP contribution is 2.45. The largest absolute Gasteiger partial charge is 0.501 e. The Morgan fingerprint density at radius 1 is 1.16 bits per heavy atom. The Hall–Kier alpha value is -3.79. The van der Waals surface area contributed by atoms with Crippen LogP contribution in [0.15, 0.2) is 63.9 Å². The summed E-state index contributed by atoms with van der Waals surface area (Å²) in [6.45, 7) is 0.111. The number of furan rings is 1. The number of benzene rings is 1. The van der Waals surface area contributed by atoms with E-state index in [0.717, 1.165) is 23.6 Å². The third-order valence-electron chi connectivity index (χ3n) is 6.28. The predicted molar refractivity (Wildman–Crippen MR) is 161 cm³/mol. The fourth-order valence-electron chi connectivity index (χ4n) is 4.38. The van der Waals surface area contributed by atoms with Gasteiger partial charge in [0.25, 0.3) is 6.01 Å². The number of thiophene rings is 1. The maximum atomic E-state index is 13.6. The van der Waals surface area contributed by atoms with Crippen molar-refractivity contribution in [1.29, 1.82) is 0 Å². The van der Waals surface area contributed by atoms with Gasteiger partial charge < -0.3 is 18.6 Å². The van der Waals surface area contributed by atoms with Crippen LogP contribution in [0.25, 0.3) is 20.9 Å². The molecular formula is C27H18B3BrF4N4O5S. The number of carbonyl (C=O) groups is 1. The summed E-state index contributed by atoms with van der Waals surface area (Å²) in [7, 11) is 18.9. The van der Waals surface area contributed by atoms with Crippen molar-refractivity contribution < 1.29 is 41.0 Å². The third kappa shape index (κ3) is 7.06. The average Bonchev–Trinajstić information content (AvgIpc) is 3.70. The SMILES string of the molecule is [B][C@@H](c1ccccc1OC([B])([B])c1ccnn1CC(F)(F)F)[C@@H](Oc1ncnc2sc(-c3ccc(F)o3)c(Br)c12)C(=O)OCC. The molecule has 45 heavy (non-hydrogen) atoms. The van der Waals surface area contributed by atoms with Crippen LogP contribution in [0.5, 0.6) is 11.6 Å². The summed E-state index contributed by atoms with van der Waals surface area (Å²) in [4.78, 5) is 22.6. The van der Waals surface area contributed by atoms with E-state index >= 15 is 0 Å². The summed E-state index contributed by atoms with van der Waals surface area (Å²) < 4.78 is 76.2. The Labute approximate surface area is 269 Å². The number of nitrogens with zero attached hydrogens (tertiary/aromatic N) is 4. The van der Waals surface area contributed by atoms with E-state index in [1.54, 1.807) is 19.1 Å². The molecule has 4 heterocycles. The van der Waals surface area contributed by atoms with Crippen molar-refractivity contribution in [3.63, 3.8) is 0 Å². The number of rotatable bonds is 11. The van der Waals surface area contributed by atoms with Crippen molar-refractivity contribution in [2.45, 2.75) is 37.0 Å². The summed E-state index contributed by atoms with van der Waals surface area (Å²) in [6, 6.07) is 9.05. The fourth-order valence-corrected chi connectivity index (χ4v) is 6.29. The zero-order valence-electron chi connectivity index (χ0n) is 23.1. The monoisotopic (exact) mass is 698 g/mol. The first-order chi connectivity index (χ1) is 21.3. The lowest BCUT2D eigenvalue weighted by molar-refractivity contribution is -0.151. The number of para-hydroxylation sites is 1. The molecule has 0 aliphatic carbocycles. The Balaban J connectivity index is 1.50. The quantitative estimate of drug-likeness (QED) is 0.103.